The highest BCUT2D eigenvalue weighted by Gasteiger charge is 2.32. The molecule has 13 heteroatoms. The Hall–Kier alpha value is -4.65. The van der Waals surface area contributed by atoms with Gasteiger partial charge in [0, 0.05) is 19.4 Å². The number of phenolic OH excluding ortho intramolecular Hbond substituents is 1. The first-order valence-electron chi connectivity index (χ1n) is 13.6. The topological polar surface area (TPSA) is 235 Å². The Kier molecular flexibility index (Phi) is 13.2. The number of carbonyl (C=O) groups is 4. The van der Waals surface area contributed by atoms with Gasteiger partial charge in [0.1, 0.15) is 23.9 Å². The number of nitrogens with two attached hydrogens (primary N) is 3. The number of aliphatic imine (C=N–C) groups is 1. The number of rotatable bonds is 16. The number of phenols is 1. The van der Waals surface area contributed by atoms with E-state index in [1.807, 2.05) is 0 Å². The lowest BCUT2D eigenvalue weighted by Gasteiger charge is -2.27. The van der Waals surface area contributed by atoms with E-state index in [1.165, 1.54) is 12.1 Å². The van der Waals surface area contributed by atoms with Gasteiger partial charge in [0.2, 0.25) is 17.7 Å². The quantitative estimate of drug-likeness (QED) is 0.0738. The summed E-state index contributed by atoms with van der Waals surface area (Å²) in [4.78, 5) is 55.3. The summed E-state index contributed by atoms with van der Waals surface area (Å²) in [5, 5.41) is 27.2. The minimum atomic E-state index is -1.22. The Morgan fingerprint density at radius 3 is 1.95 bits per heavy atom. The first kappa shape index (κ1) is 33.6. The van der Waals surface area contributed by atoms with Crippen LogP contribution in [0, 0.1) is 5.92 Å². The molecule has 0 heterocycles. The van der Waals surface area contributed by atoms with Crippen LogP contribution < -0.4 is 33.2 Å². The number of guanidine groups is 1. The van der Waals surface area contributed by atoms with Crippen LogP contribution in [0.3, 0.4) is 0 Å². The summed E-state index contributed by atoms with van der Waals surface area (Å²) in [6.45, 7) is 3.70. The number of carbonyl (C=O) groups excluding carboxylic acids is 3. The summed E-state index contributed by atoms with van der Waals surface area (Å²) in [7, 11) is 0. The van der Waals surface area contributed by atoms with Crippen LogP contribution in [0.2, 0.25) is 0 Å². The van der Waals surface area contributed by atoms with Crippen LogP contribution in [0.25, 0.3) is 0 Å². The molecule has 0 aliphatic carbocycles. The summed E-state index contributed by atoms with van der Waals surface area (Å²) >= 11 is 0. The summed E-state index contributed by atoms with van der Waals surface area (Å²) in [6, 6.07) is 10.6. The van der Waals surface area contributed by atoms with Gasteiger partial charge in [-0.25, -0.2) is 4.79 Å². The number of aliphatic carboxylic acids is 1. The van der Waals surface area contributed by atoms with E-state index in [-0.39, 0.29) is 37.5 Å². The highest BCUT2D eigenvalue weighted by molar-refractivity contribution is 5.94. The Morgan fingerprint density at radius 2 is 1.38 bits per heavy atom. The minimum absolute atomic E-state index is 0.0339. The maximum absolute atomic E-state index is 13.5. The normalized spacial score (nSPS) is 13.7. The zero-order valence-corrected chi connectivity index (χ0v) is 23.8. The van der Waals surface area contributed by atoms with Crippen molar-refractivity contribution in [1.29, 1.82) is 0 Å². The Morgan fingerprint density at radius 1 is 0.810 bits per heavy atom. The van der Waals surface area contributed by atoms with E-state index >= 15 is 0 Å². The van der Waals surface area contributed by atoms with Crippen LogP contribution in [0.15, 0.2) is 59.6 Å². The molecule has 0 fully saturated rings. The van der Waals surface area contributed by atoms with Crippen LogP contribution in [0.4, 0.5) is 0 Å². The minimum Gasteiger partial charge on any atom is -0.508 e. The highest BCUT2D eigenvalue weighted by Crippen LogP contribution is 2.13. The fraction of sp³-hybridized carbons (Fsp3) is 0.414. The number of carboxylic acids is 1. The molecule has 11 N–H and O–H groups in total. The average Bonchev–Trinajstić information content (AvgIpc) is 2.94. The smallest absolute Gasteiger partial charge is 0.326 e. The van der Waals surface area contributed by atoms with Gasteiger partial charge in [0.05, 0.1) is 6.04 Å². The fourth-order valence-electron chi connectivity index (χ4n) is 4.11. The molecule has 2 aromatic carbocycles. The van der Waals surface area contributed by atoms with Crippen molar-refractivity contribution in [3.63, 3.8) is 0 Å². The first-order chi connectivity index (χ1) is 19.9. The molecule has 42 heavy (non-hydrogen) atoms. The summed E-state index contributed by atoms with van der Waals surface area (Å²) in [6.07, 6.45) is 0.786. The second-order valence-electron chi connectivity index (χ2n) is 10.3. The SMILES string of the molecule is CC(C)C(NC(=O)C(Cc1ccc(O)cc1)NC(=O)C(N)CCCN=C(N)N)C(=O)NC(Cc1ccccc1)C(=O)O. The molecule has 0 radical (unpaired) electrons. The van der Waals surface area contributed by atoms with Crippen LogP contribution >= 0.6 is 0 Å². The molecule has 0 saturated heterocycles. The van der Waals surface area contributed by atoms with E-state index in [2.05, 4.69) is 20.9 Å². The number of hydrogen-bond donors (Lipinski definition) is 8. The summed E-state index contributed by atoms with van der Waals surface area (Å²) < 4.78 is 0. The predicted octanol–water partition coefficient (Wildman–Crippen LogP) is -0.247. The lowest BCUT2D eigenvalue weighted by atomic mass is 9.99. The molecule has 4 unspecified atom stereocenters. The Balaban J connectivity index is 2.17. The van der Waals surface area contributed by atoms with Gasteiger partial charge < -0.3 is 43.4 Å². The lowest BCUT2D eigenvalue weighted by Crippen LogP contribution is -2.59. The number of hydrogen-bond acceptors (Lipinski definition) is 7. The second kappa shape index (κ2) is 16.6. The molecule has 0 aliphatic heterocycles. The van der Waals surface area contributed by atoms with Crippen LogP contribution in [0.5, 0.6) is 5.75 Å². The molecule has 2 aromatic rings. The first-order valence-corrected chi connectivity index (χ1v) is 13.6. The van der Waals surface area contributed by atoms with Crippen LogP contribution in [-0.4, -0.2) is 70.6 Å². The van der Waals surface area contributed by atoms with Gasteiger partial charge in [-0.2, -0.15) is 0 Å². The molecule has 13 nitrogen and oxygen atoms in total. The molecule has 3 amide bonds. The zero-order chi connectivity index (χ0) is 31.2. The molecule has 0 spiro atoms. The Labute approximate surface area is 244 Å². The van der Waals surface area contributed by atoms with Crippen molar-refractivity contribution < 1.29 is 29.4 Å². The van der Waals surface area contributed by atoms with Crippen molar-refractivity contribution in [2.45, 2.75) is 63.7 Å². The number of benzene rings is 2. The third-order valence-corrected chi connectivity index (χ3v) is 6.46. The standard InChI is InChI=1S/C29H41N7O6/c1-17(2)24(27(40)35-23(28(41)42)16-18-7-4-3-5-8-18)36-26(39)22(15-19-10-12-20(37)13-11-19)34-25(38)21(30)9-6-14-33-29(31)32/h3-5,7-8,10-13,17,21-24,37H,6,9,14-16,30H2,1-2H3,(H,34,38)(H,35,40)(H,36,39)(H,41,42)(H4,31,32,33). The van der Waals surface area contributed by atoms with Crippen molar-refractivity contribution in [3.05, 3.63) is 65.7 Å². The van der Waals surface area contributed by atoms with Gasteiger partial charge in [0.15, 0.2) is 5.96 Å². The predicted molar refractivity (Wildman–Crippen MR) is 158 cm³/mol. The fourth-order valence-corrected chi connectivity index (χ4v) is 4.11. The van der Waals surface area contributed by atoms with Crippen molar-refractivity contribution in [3.8, 4) is 5.75 Å². The molecule has 228 valence electrons. The van der Waals surface area contributed by atoms with Gasteiger partial charge in [-0.05, 0) is 42.0 Å². The molecule has 4 atom stereocenters. The summed E-state index contributed by atoms with van der Waals surface area (Å²) in [5.41, 5.74) is 18.0. The summed E-state index contributed by atoms with van der Waals surface area (Å²) in [5.74, 6) is -3.59. The molecule has 0 saturated carbocycles. The molecule has 0 aromatic heterocycles. The van der Waals surface area contributed by atoms with Crippen LogP contribution in [0.1, 0.15) is 37.8 Å². The lowest BCUT2D eigenvalue weighted by molar-refractivity contribution is -0.142. The molecular weight excluding hydrogens is 542 g/mol. The number of nitrogens with one attached hydrogen (secondary N) is 3. The monoisotopic (exact) mass is 583 g/mol. The third kappa shape index (κ3) is 11.5. The largest absolute Gasteiger partial charge is 0.508 e. The van der Waals surface area contributed by atoms with Crippen molar-refractivity contribution in [2.24, 2.45) is 28.1 Å². The van der Waals surface area contributed by atoms with Gasteiger partial charge in [-0.3, -0.25) is 19.4 Å². The van der Waals surface area contributed by atoms with E-state index in [0.29, 0.717) is 12.0 Å². The number of nitrogens with zero attached hydrogens (tertiary/aromatic N) is 1. The Bertz CT molecular complexity index is 1220. The van der Waals surface area contributed by atoms with Gasteiger partial charge in [-0.15, -0.1) is 0 Å². The van der Waals surface area contributed by atoms with Gasteiger partial charge >= 0.3 is 5.97 Å². The second-order valence-corrected chi connectivity index (χ2v) is 10.3. The molecular formula is C29H41N7O6. The maximum atomic E-state index is 13.5. The molecule has 0 aliphatic rings. The van der Waals surface area contributed by atoms with Gasteiger partial charge in [-0.1, -0.05) is 56.3 Å². The highest BCUT2D eigenvalue weighted by atomic mass is 16.4. The van der Waals surface area contributed by atoms with E-state index in [0.717, 1.165) is 5.56 Å². The average molecular weight is 584 g/mol. The van der Waals surface area contributed by atoms with E-state index in [9.17, 15) is 29.4 Å². The van der Waals surface area contributed by atoms with Crippen molar-refractivity contribution in [2.75, 3.05) is 6.54 Å². The third-order valence-electron chi connectivity index (χ3n) is 6.46. The van der Waals surface area contributed by atoms with E-state index < -0.39 is 53.8 Å². The number of carboxylic acid groups (broad SMARTS) is 1. The van der Waals surface area contributed by atoms with Crippen molar-refractivity contribution in [1.82, 2.24) is 16.0 Å². The zero-order valence-electron chi connectivity index (χ0n) is 23.8. The van der Waals surface area contributed by atoms with Crippen molar-refractivity contribution >= 4 is 29.7 Å². The van der Waals surface area contributed by atoms with Gasteiger partial charge in [0.25, 0.3) is 0 Å². The number of aromatic hydroxyl groups is 1. The maximum Gasteiger partial charge on any atom is 0.326 e. The molecule has 0 bridgehead atoms. The van der Waals surface area contributed by atoms with E-state index in [1.54, 1.807) is 56.3 Å². The number of amides is 3. The van der Waals surface area contributed by atoms with Crippen LogP contribution in [-0.2, 0) is 32.0 Å². The van der Waals surface area contributed by atoms with E-state index in [4.69, 9.17) is 17.2 Å². The molecule has 2 rings (SSSR count).